The Kier molecular flexibility index (Phi) is 6.46. The molecule has 0 saturated carbocycles. The molecule has 1 unspecified atom stereocenters. The molecule has 2 amide bonds. The van der Waals surface area contributed by atoms with Gasteiger partial charge in [-0.15, -0.1) is 0 Å². The molecule has 2 saturated heterocycles. The van der Waals surface area contributed by atoms with Gasteiger partial charge in [-0.25, -0.2) is 0 Å². The maximum atomic E-state index is 12.6. The number of ether oxygens (including phenoxy) is 2. The highest BCUT2D eigenvalue weighted by Gasteiger charge is 2.30. The van der Waals surface area contributed by atoms with Crippen LogP contribution in [0.25, 0.3) is 0 Å². The molecule has 3 rings (SSSR count). The van der Waals surface area contributed by atoms with E-state index in [1.54, 1.807) is 31.4 Å². The minimum atomic E-state index is -0.245. The Hall–Kier alpha value is -2.12. The third-order valence-electron chi connectivity index (χ3n) is 5.02. The quantitative estimate of drug-likeness (QED) is 0.810. The lowest BCUT2D eigenvalue weighted by atomic mass is 10.2. The zero-order valence-corrected chi connectivity index (χ0v) is 15.3. The summed E-state index contributed by atoms with van der Waals surface area (Å²) in [4.78, 5) is 29.1. The van der Waals surface area contributed by atoms with Crippen molar-refractivity contribution in [3.63, 3.8) is 0 Å². The number of methoxy groups -OCH3 is 1. The van der Waals surface area contributed by atoms with Gasteiger partial charge in [0.05, 0.1) is 26.9 Å². The summed E-state index contributed by atoms with van der Waals surface area (Å²) in [6, 6.07) is 7.08. The molecule has 2 heterocycles. The number of carbonyl (C=O) groups is 2. The molecule has 142 valence electrons. The van der Waals surface area contributed by atoms with Gasteiger partial charge in [0.1, 0.15) is 5.75 Å². The van der Waals surface area contributed by atoms with E-state index in [0.29, 0.717) is 11.3 Å². The van der Waals surface area contributed by atoms with Gasteiger partial charge in [0.2, 0.25) is 5.91 Å². The summed E-state index contributed by atoms with van der Waals surface area (Å²) in [5.41, 5.74) is 0.518. The number of likely N-dealkylation sites (tertiary alicyclic amines) is 1. The Morgan fingerprint density at radius 2 is 1.92 bits per heavy atom. The number of carbonyl (C=O) groups excluding carboxylic acids is 2. The van der Waals surface area contributed by atoms with Crippen molar-refractivity contribution in [1.82, 2.24) is 15.1 Å². The molecule has 26 heavy (non-hydrogen) atoms. The molecule has 2 fully saturated rings. The average molecular weight is 361 g/mol. The topological polar surface area (TPSA) is 71.1 Å². The van der Waals surface area contributed by atoms with E-state index < -0.39 is 0 Å². The van der Waals surface area contributed by atoms with Gasteiger partial charge < -0.3 is 19.7 Å². The summed E-state index contributed by atoms with van der Waals surface area (Å²) >= 11 is 0. The zero-order chi connectivity index (χ0) is 18.4. The number of benzene rings is 1. The van der Waals surface area contributed by atoms with Crippen LogP contribution in [0, 0.1) is 0 Å². The molecular weight excluding hydrogens is 334 g/mol. The van der Waals surface area contributed by atoms with Gasteiger partial charge in [0.15, 0.2) is 0 Å². The van der Waals surface area contributed by atoms with Crippen molar-refractivity contribution in [2.45, 2.75) is 18.9 Å². The second-order valence-electron chi connectivity index (χ2n) is 6.71. The maximum absolute atomic E-state index is 12.6. The van der Waals surface area contributed by atoms with Gasteiger partial charge in [-0.05, 0) is 37.1 Å². The van der Waals surface area contributed by atoms with E-state index in [-0.39, 0.29) is 24.4 Å². The third kappa shape index (κ3) is 4.74. The predicted octanol–water partition coefficient (Wildman–Crippen LogP) is 0.748. The molecule has 0 spiro atoms. The van der Waals surface area contributed by atoms with Crippen LogP contribution in [-0.4, -0.2) is 80.7 Å². The number of rotatable bonds is 6. The normalized spacial score (nSPS) is 20.8. The van der Waals surface area contributed by atoms with Crippen LogP contribution in [0.3, 0.4) is 0 Å². The SMILES string of the molecule is COc1ccc(C(=O)NCC(=O)N2CCCC2CN2CCOCC2)cc1. The van der Waals surface area contributed by atoms with Crippen molar-refractivity contribution >= 4 is 11.8 Å². The van der Waals surface area contributed by atoms with E-state index in [0.717, 1.165) is 52.2 Å². The summed E-state index contributed by atoms with van der Waals surface area (Å²) in [7, 11) is 1.58. The minimum Gasteiger partial charge on any atom is -0.497 e. The first-order chi connectivity index (χ1) is 12.7. The summed E-state index contributed by atoms with van der Waals surface area (Å²) < 4.78 is 10.5. The molecule has 0 radical (unpaired) electrons. The first-order valence-electron chi connectivity index (χ1n) is 9.19. The highest BCUT2D eigenvalue weighted by Crippen LogP contribution is 2.19. The lowest BCUT2D eigenvalue weighted by molar-refractivity contribution is -0.131. The molecule has 1 aromatic carbocycles. The Labute approximate surface area is 154 Å². The van der Waals surface area contributed by atoms with Gasteiger partial charge in [-0.2, -0.15) is 0 Å². The number of amides is 2. The van der Waals surface area contributed by atoms with E-state index in [1.807, 2.05) is 4.90 Å². The van der Waals surface area contributed by atoms with E-state index >= 15 is 0 Å². The smallest absolute Gasteiger partial charge is 0.251 e. The Morgan fingerprint density at radius 3 is 2.62 bits per heavy atom. The van der Waals surface area contributed by atoms with Gasteiger partial charge in [0.25, 0.3) is 5.91 Å². The van der Waals surface area contributed by atoms with Crippen LogP contribution in [0.4, 0.5) is 0 Å². The molecule has 7 heteroatoms. The van der Waals surface area contributed by atoms with Gasteiger partial charge in [-0.1, -0.05) is 0 Å². The number of hydrogen-bond acceptors (Lipinski definition) is 5. The number of morpholine rings is 1. The summed E-state index contributed by atoms with van der Waals surface area (Å²) in [5.74, 6) is 0.438. The molecule has 7 nitrogen and oxygen atoms in total. The van der Waals surface area contributed by atoms with Crippen molar-refractivity contribution in [3.8, 4) is 5.75 Å². The van der Waals surface area contributed by atoms with Crippen LogP contribution in [0.15, 0.2) is 24.3 Å². The Balaban J connectivity index is 1.48. The summed E-state index contributed by atoms with van der Waals surface area (Å²) in [6.07, 6.45) is 2.04. The summed E-state index contributed by atoms with van der Waals surface area (Å²) in [6.45, 7) is 5.06. The van der Waals surface area contributed by atoms with Crippen LogP contribution in [-0.2, 0) is 9.53 Å². The fraction of sp³-hybridized carbons (Fsp3) is 0.579. The molecule has 2 aliphatic rings. The van der Waals surface area contributed by atoms with E-state index in [1.165, 1.54) is 0 Å². The van der Waals surface area contributed by atoms with Gasteiger partial charge >= 0.3 is 0 Å². The lowest BCUT2D eigenvalue weighted by Gasteiger charge is -2.33. The maximum Gasteiger partial charge on any atom is 0.251 e. The predicted molar refractivity (Wildman–Crippen MR) is 97.3 cm³/mol. The fourth-order valence-corrected chi connectivity index (χ4v) is 3.54. The third-order valence-corrected chi connectivity index (χ3v) is 5.02. The van der Waals surface area contributed by atoms with Crippen LogP contribution in [0.5, 0.6) is 5.75 Å². The summed E-state index contributed by atoms with van der Waals surface area (Å²) in [5, 5.41) is 2.73. The van der Waals surface area contributed by atoms with Gasteiger partial charge in [-0.3, -0.25) is 14.5 Å². The van der Waals surface area contributed by atoms with Crippen LogP contribution in [0.2, 0.25) is 0 Å². The van der Waals surface area contributed by atoms with Crippen molar-refractivity contribution < 1.29 is 19.1 Å². The van der Waals surface area contributed by atoms with E-state index in [4.69, 9.17) is 9.47 Å². The molecule has 1 N–H and O–H groups in total. The first kappa shape index (κ1) is 18.7. The molecule has 0 aromatic heterocycles. The van der Waals surface area contributed by atoms with Crippen molar-refractivity contribution in [2.75, 3.05) is 53.0 Å². The molecule has 1 atom stereocenters. The molecular formula is C19H27N3O4. The number of nitrogens with one attached hydrogen (secondary N) is 1. The zero-order valence-electron chi connectivity index (χ0n) is 15.3. The van der Waals surface area contributed by atoms with Crippen LogP contribution >= 0.6 is 0 Å². The monoisotopic (exact) mass is 361 g/mol. The van der Waals surface area contributed by atoms with E-state index in [2.05, 4.69) is 10.2 Å². The number of hydrogen-bond donors (Lipinski definition) is 1. The Morgan fingerprint density at radius 1 is 1.19 bits per heavy atom. The highest BCUT2D eigenvalue weighted by molar-refractivity contribution is 5.96. The average Bonchev–Trinajstić information content (AvgIpc) is 3.15. The second kappa shape index (κ2) is 9.00. The van der Waals surface area contributed by atoms with Gasteiger partial charge in [0, 0.05) is 37.8 Å². The molecule has 0 aliphatic carbocycles. The number of nitrogens with zero attached hydrogens (tertiary/aromatic N) is 2. The first-order valence-corrected chi connectivity index (χ1v) is 9.19. The van der Waals surface area contributed by atoms with Crippen molar-refractivity contribution in [1.29, 1.82) is 0 Å². The van der Waals surface area contributed by atoms with Crippen LogP contribution < -0.4 is 10.1 Å². The van der Waals surface area contributed by atoms with Crippen molar-refractivity contribution in [3.05, 3.63) is 29.8 Å². The lowest BCUT2D eigenvalue weighted by Crippen LogP contribution is -2.49. The minimum absolute atomic E-state index is 0.0115. The van der Waals surface area contributed by atoms with E-state index in [9.17, 15) is 9.59 Å². The largest absolute Gasteiger partial charge is 0.497 e. The fourth-order valence-electron chi connectivity index (χ4n) is 3.54. The molecule has 1 aromatic rings. The molecule has 2 aliphatic heterocycles. The van der Waals surface area contributed by atoms with Crippen molar-refractivity contribution in [2.24, 2.45) is 0 Å². The van der Waals surface area contributed by atoms with Crippen LogP contribution in [0.1, 0.15) is 23.2 Å². The molecule has 0 bridgehead atoms. The second-order valence-corrected chi connectivity index (χ2v) is 6.71. The highest BCUT2D eigenvalue weighted by atomic mass is 16.5. The Bertz CT molecular complexity index is 614. The standard InChI is InChI=1S/C19H27N3O4/c1-25-17-6-4-15(5-7-17)19(24)20-13-18(23)22-8-2-3-16(22)14-21-9-11-26-12-10-21/h4-7,16H,2-3,8-14H2,1H3,(H,20,24).